The van der Waals surface area contributed by atoms with Crippen LogP contribution in [0, 0.1) is 12.7 Å². The molecule has 1 aliphatic carbocycles. The number of H-pyrrole nitrogens is 1. The molecule has 5 rings (SSSR count). The first-order valence-corrected chi connectivity index (χ1v) is 10.5. The Balaban J connectivity index is 1.33. The summed E-state index contributed by atoms with van der Waals surface area (Å²) in [6.45, 7) is 3.49. The summed E-state index contributed by atoms with van der Waals surface area (Å²) < 4.78 is 15.0. The molecule has 2 amide bonds. The summed E-state index contributed by atoms with van der Waals surface area (Å²) in [4.78, 5) is 28.6. The molecule has 31 heavy (non-hydrogen) atoms. The predicted molar refractivity (Wildman–Crippen MR) is 115 cm³/mol. The topological polar surface area (TPSA) is 95.3 Å². The number of piperazine rings is 1. The zero-order valence-corrected chi connectivity index (χ0v) is 17.3. The molecule has 1 saturated carbocycles. The molecule has 160 valence electrons. The average molecular weight is 421 g/mol. The summed E-state index contributed by atoms with van der Waals surface area (Å²) in [6, 6.07) is 10.5. The highest BCUT2D eigenvalue weighted by Crippen LogP contribution is 2.34. The minimum Gasteiger partial charge on any atom is -0.338 e. The van der Waals surface area contributed by atoms with Gasteiger partial charge in [-0.25, -0.2) is 4.39 Å². The summed E-state index contributed by atoms with van der Waals surface area (Å²) >= 11 is 0. The SMILES string of the molecule is Cc1n[nH]c2c(-c3ccc(C(=O)N4CCN(C(=O)C5(N)CC5)CC4)c(F)c3)cccc12. The van der Waals surface area contributed by atoms with Gasteiger partial charge in [-0.15, -0.1) is 0 Å². The molecule has 0 radical (unpaired) electrons. The average Bonchev–Trinajstić information content (AvgIpc) is 3.43. The third-order valence-corrected chi connectivity index (χ3v) is 6.37. The number of benzene rings is 2. The van der Waals surface area contributed by atoms with E-state index in [4.69, 9.17) is 5.73 Å². The molecular formula is C23H24FN5O2. The minimum atomic E-state index is -0.704. The molecule has 2 fully saturated rings. The predicted octanol–water partition coefficient (Wildman–Crippen LogP) is 2.45. The van der Waals surface area contributed by atoms with Crippen LogP contribution >= 0.6 is 0 Å². The Labute approximate surface area is 179 Å². The van der Waals surface area contributed by atoms with Crippen LogP contribution in [0.2, 0.25) is 0 Å². The van der Waals surface area contributed by atoms with Crippen LogP contribution in [0.25, 0.3) is 22.0 Å². The standard InChI is InChI=1S/C23H24FN5O2/c1-14-16-3-2-4-17(20(16)27-26-14)15-5-6-18(19(24)13-15)21(30)28-9-11-29(12-10-28)22(31)23(25)7-8-23/h2-6,13H,7-12,25H2,1H3,(H,26,27). The number of aryl methyl sites for hydroxylation is 1. The van der Waals surface area contributed by atoms with Crippen LogP contribution in [0.1, 0.15) is 28.9 Å². The Morgan fingerprint density at radius 3 is 2.48 bits per heavy atom. The number of aromatic nitrogens is 2. The van der Waals surface area contributed by atoms with E-state index in [1.807, 2.05) is 25.1 Å². The van der Waals surface area contributed by atoms with Crippen molar-refractivity contribution in [2.75, 3.05) is 26.2 Å². The second-order valence-corrected chi connectivity index (χ2v) is 8.47. The van der Waals surface area contributed by atoms with E-state index in [0.29, 0.717) is 44.6 Å². The van der Waals surface area contributed by atoms with Crippen molar-refractivity contribution < 1.29 is 14.0 Å². The van der Waals surface area contributed by atoms with Crippen LogP contribution in [0.15, 0.2) is 36.4 Å². The molecule has 1 saturated heterocycles. The van der Waals surface area contributed by atoms with Gasteiger partial charge in [0.15, 0.2) is 0 Å². The Morgan fingerprint density at radius 1 is 1.10 bits per heavy atom. The smallest absolute Gasteiger partial charge is 0.256 e. The zero-order valence-electron chi connectivity index (χ0n) is 17.3. The van der Waals surface area contributed by atoms with Gasteiger partial charge in [-0.3, -0.25) is 14.7 Å². The number of hydrogen-bond acceptors (Lipinski definition) is 4. The molecule has 1 aromatic heterocycles. The van der Waals surface area contributed by atoms with Gasteiger partial charge in [-0.2, -0.15) is 5.10 Å². The van der Waals surface area contributed by atoms with Crippen LogP contribution in [0.3, 0.4) is 0 Å². The first-order chi connectivity index (χ1) is 14.9. The lowest BCUT2D eigenvalue weighted by Crippen LogP contribution is -2.55. The minimum absolute atomic E-state index is 0.0361. The molecule has 3 N–H and O–H groups in total. The molecular weight excluding hydrogens is 397 g/mol. The maximum Gasteiger partial charge on any atom is 0.256 e. The Bertz CT molecular complexity index is 1190. The number of rotatable bonds is 3. The Morgan fingerprint density at radius 2 is 1.81 bits per heavy atom. The monoisotopic (exact) mass is 421 g/mol. The van der Waals surface area contributed by atoms with E-state index >= 15 is 0 Å². The highest BCUT2D eigenvalue weighted by molar-refractivity contribution is 5.98. The first-order valence-electron chi connectivity index (χ1n) is 10.5. The second-order valence-electron chi connectivity index (χ2n) is 8.47. The number of nitrogens with zero attached hydrogens (tertiary/aromatic N) is 3. The second kappa shape index (κ2) is 7.16. The molecule has 8 heteroatoms. The number of aromatic amines is 1. The number of nitrogens with two attached hydrogens (primary N) is 1. The fourth-order valence-electron chi connectivity index (χ4n) is 4.22. The number of carbonyl (C=O) groups excluding carboxylic acids is 2. The third kappa shape index (κ3) is 3.37. The zero-order chi connectivity index (χ0) is 21.8. The third-order valence-electron chi connectivity index (χ3n) is 6.37. The molecule has 7 nitrogen and oxygen atoms in total. The molecule has 2 heterocycles. The van der Waals surface area contributed by atoms with E-state index in [1.165, 1.54) is 12.1 Å². The van der Waals surface area contributed by atoms with Crippen LogP contribution in [0.5, 0.6) is 0 Å². The van der Waals surface area contributed by atoms with Gasteiger partial charge in [-0.1, -0.05) is 24.3 Å². The number of hydrogen-bond donors (Lipinski definition) is 2. The molecule has 0 unspecified atom stereocenters. The summed E-state index contributed by atoms with van der Waals surface area (Å²) in [6.07, 6.45) is 1.43. The molecule has 3 aromatic rings. The van der Waals surface area contributed by atoms with Crippen molar-refractivity contribution in [2.45, 2.75) is 25.3 Å². The quantitative estimate of drug-likeness (QED) is 0.679. The van der Waals surface area contributed by atoms with Gasteiger partial charge in [-0.05, 0) is 37.5 Å². The first kappa shape index (κ1) is 19.7. The van der Waals surface area contributed by atoms with Crippen molar-refractivity contribution in [3.63, 3.8) is 0 Å². The van der Waals surface area contributed by atoms with Gasteiger partial charge in [0.05, 0.1) is 22.3 Å². The van der Waals surface area contributed by atoms with Crippen LogP contribution < -0.4 is 5.73 Å². The van der Waals surface area contributed by atoms with E-state index < -0.39 is 11.4 Å². The van der Waals surface area contributed by atoms with E-state index in [9.17, 15) is 14.0 Å². The van der Waals surface area contributed by atoms with E-state index in [0.717, 1.165) is 22.2 Å². The van der Waals surface area contributed by atoms with Crippen molar-refractivity contribution in [3.8, 4) is 11.1 Å². The van der Waals surface area contributed by atoms with Crippen molar-refractivity contribution in [1.29, 1.82) is 0 Å². The Hall–Kier alpha value is -3.26. The number of carbonyl (C=O) groups is 2. The van der Waals surface area contributed by atoms with Crippen LogP contribution in [-0.4, -0.2) is 63.5 Å². The van der Waals surface area contributed by atoms with Crippen LogP contribution in [0.4, 0.5) is 4.39 Å². The number of halogens is 1. The number of fused-ring (bicyclic) bond motifs is 1. The van der Waals surface area contributed by atoms with Crippen LogP contribution in [-0.2, 0) is 4.79 Å². The largest absolute Gasteiger partial charge is 0.338 e. The number of para-hydroxylation sites is 1. The fourth-order valence-corrected chi connectivity index (χ4v) is 4.22. The highest BCUT2D eigenvalue weighted by atomic mass is 19.1. The van der Waals surface area contributed by atoms with Crippen molar-refractivity contribution in [1.82, 2.24) is 20.0 Å². The van der Waals surface area contributed by atoms with Gasteiger partial charge in [0.1, 0.15) is 5.82 Å². The highest BCUT2D eigenvalue weighted by Gasteiger charge is 2.48. The normalized spacial score (nSPS) is 17.8. The van der Waals surface area contributed by atoms with Gasteiger partial charge in [0.2, 0.25) is 5.91 Å². The molecule has 0 atom stereocenters. The van der Waals surface area contributed by atoms with Crippen molar-refractivity contribution in [2.24, 2.45) is 5.73 Å². The lowest BCUT2D eigenvalue weighted by atomic mass is 10.00. The lowest BCUT2D eigenvalue weighted by molar-refractivity contribution is -0.135. The summed E-state index contributed by atoms with van der Waals surface area (Å²) in [7, 11) is 0. The summed E-state index contributed by atoms with van der Waals surface area (Å²) in [5.41, 5.74) is 8.56. The van der Waals surface area contributed by atoms with Gasteiger partial charge < -0.3 is 15.5 Å². The summed E-state index contributed by atoms with van der Waals surface area (Å²) in [5, 5.41) is 8.22. The molecule has 0 bridgehead atoms. The molecule has 1 aliphatic heterocycles. The fraction of sp³-hybridized carbons (Fsp3) is 0.348. The van der Waals surface area contributed by atoms with Crippen molar-refractivity contribution >= 4 is 22.7 Å². The van der Waals surface area contributed by atoms with E-state index in [2.05, 4.69) is 10.2 Å². The molecule has 2 aliphatic rings. The molecule has 0 spiro atoms. The van der Waals surface area contributed by atoms with E-state index in [1.54, 1.807) is 15.9 Å². The number of nitrogens with one attached hydrogen (secondary N) is 1. The molecule has 2 aromatic carbocycles. The maximum absolute atomic E-state index is 15.0. The lowest BCUT2D eigenvalue weighted by Gasteiger charge is -2.36. The van der Waals surface area contributed by atoms with E-state index in [-0.39, 0.29) is 17.4 Å². The maximum atomic E-state index is 15.0. The van der Waals surface area contributed by atoms with Crippen molar-refractivity contribution in [3.05, 3.63) is 53.5 Å². The summed E-state index contributed by atoms with van der Waals surface area (Å²) in [5.74, 6) is -0.966. The van der Waals surface area contributed by atoms with Gasteiger partial charge in [0, 0.05) is 37.1 Å². The van der Waals surface area contributed by atoms with Gasteiger partial charge >= 0.3 is 0 Å². The van der Waals surface area contributed by atoms with Gasteiger partial charge in [0.25, 0.3) is 5.91 Å². The Kier molecular flexibility index (Phi) is 4.55. The number of amides is 2.